The summed E-state index contributed by atoms with van der Waals surface area (Å²) in [7, 11) is 0. The first-order valence-corrected chi connectivity index (χ1v) is 7.91. The number of nitrogens with one attached hydrogen (secondary N) is 2. The van der Waals surface area contributed by atoms with Crippen LogP contribution in [-0.2, 0) is 4.74 Å². The molecule has 2 N–H and O–H groups in total. The Balaban J connectivity index is 0.00000400. The molecule has 0 aromatic rings. The molecule has 0 saturated carbocycles. The minimum atomic E-state index is 0. The molecule has 21 heavy (non-hydrogen) atoms. The average Bonchev–Trinajstić information content (AvgIpc) is 2.39. The van der Waals surface area contributed by atoms with Crippen LogP contribution in [0.15, 0.2) is 4.99 Å². The van der Waals surface area contributed by atoms with E-state index in [-0.39, 0.29) is 24.0 Å². The Labute approximate surface area is 147 Å². The van der Waals surface area contributed by atoms with Gasteiger partial charge in [0.25, 0.3) is 0 Å². The summed E-state index contributed by atoms with van der Waals surface area (Å²) in [5.74, 6) is 1.51. The maximum absolute atomic E-state index is 5.44. The molecular weight excluding hydrogens is 379 g/mol. The topological polar surface area (TPSA) is 48.9 Å². The van der Waals surface area contributed by atoms with Gasteiger partial charge in [0.1, 0.15) is 0 Å². The standard InChI is InChI=1S/C15H32N4O.HI/c1-6-16-15(18-13(4)5)17-11-14(12(2)3)19-7-9-20-10-8-19;/h12-14H,6-11H2,1-5H3,(H2,16,17,18);1H. The Kier molecular flexibility index (Phi) is 11.4. The highest BCUT2D eigenvalue weighted by molar-refractivity contribution is 14.0. The Morgan fingerprint density at radius 3 is 2.29 bits per heavy atom. The van der Waals surface area contributed by atoms with Gasteiger partial charge in [-0.25, -0.2) is 0 Å². The van der Waals surface area contributed by atoms with E-state index in [0.29, 0.717) is 18.0 Å². The molecule has 6 heteroatoms. The highest BCUT2D eigenvalue weighted by Crippen LogP contribution is 2.13. The predicted molar refractivity (Wildman–Crippen MR) is 101 cm³/mol. The van der Waals surface area contributed by atoms with Crippen molar-refractivity contribution in [2.24, 2.45) is 10.9 Å². The summed E-state index contributed by atoms with van der Waals surface area (Å²) in [4.78, 5) is 7.27. The largest absolute Gasteiger partial charge is 0.379 e. The van der Waals surface area contributed by atoms with Crippen LogP contribution in [0.4, 0.5) is 0 Å². The van der Waals surface area contributed by atoms with E-state index in [1.165, 1.54) is 0 Å². The second-order valence-corrected chi connectivity index (χ2v) is 5.98. The number of hydrogen-bond acceptors (Lipinski definition) is 3. The third kappa shape index (κ3) is 8.21. The molecule has 5 nitrogen and oxygen atoms in total. The van der Waals surface area contributed by atoms with Crippen molar-refractivity contribution >= 4 is 29.9 Å². The van der Waals surface area contributed by atoms with Crippen LogP contribution in [0.3, 0.4) is 0 Å². The molecule has 1 unspecified atom stereocenters. The summed E-state index contributed by atoms with van der Waals surface area (Å²) < 4.78 is 5.44. The fourth-order valence-electron chi connectivity index (χ4n) is 2.44. The maximum atomic E-state index is 5.44. The van der Waals surface area contributed by atoms with Crippen molar-refractivity contribution in [2.75, 3.05) is 39.4 Å². The normalized spacial score (nSPS) is 18.5. The SMILES string of the molecule is CCNC(=NCC(C(C)C)N1CCOCC1)NC(C)C.I. The molecule has 0 spiro atoms. The van der Waals surface area contributed by atoms with Gasteiger partial charge in [0.2, 0.25) is 0 Å². The first-order valence-electron chi connectivity index (χ1n) is 7.91. The zero-order valence-corrected chi connectivity index (χ0v) is 16.5. The summed E-state index contributed by atoms with van der Waals surface area (Å²) in [6, 6.07) is 0.884. The molecule has 126 valence electrons. The van der Waals surface area contributed by atoms with E-state index in [1.54, 1.807) is 0 Å². The van der Waals surface area contributed by atoms with Crippen molar-refractivity contribution in [3.05, 3.63) is 0 Å². The second-order valence-electron chi connectivity index (χ2n) is 5.98. The van der Waals surface area contributed by atoms with Gasteiger partial charge < -0.3 is 15.4 Å². The fourth-order valence-corrected chi connectivity index (χ4v) is 2.44. The molecule has 1 heterocycles. The fraction of sp³-hybridized carbons (Fsp3) is 0.933. The predicted octanol–water partition coefficient (Wildman–Crippen LogP) is 1.92. The molecule has 0 aliphatic carbocycles. The number of hydrogen-bond donors (Lipinski definition) is 2. The van der Waals surface area contributed by atoms with Gasteiger partial charge in [-0.05, 0) is 26.7 Å². The lowest BCUT2D eigenvalue weighted by Gasteiger charge is -2.36. The van der Waals surface area contributed by atoms with Crippen LogP contribution in [0.2, 0.25) is 0 Å². The summed E-state index contributed by atoms with van der Waals surface area (Å²) >= 11 is 0. The van der Waals surface area contributed by atoms with E-state index in [1.807, 2.05) is 0 Å². The molecule has 1 aliphatic heterocycles. The number of guanidine groups is 1. The Morgan fingerprint density at radius 1 is 1.19 bits per heavy atom. The van der Waals surface area contributed by atoms with Crippen molar-refractivity contribution in [3.63, 3.8) is 0 Å². The number of halogens is 1. The van der Waals surface area contributed by atoms with Crippen molar-refractivity contribution in [2.45, 2.75) is 46.7 Å². The highest BCUT2D eigenvalue weighted by Gasteiger charge is 2.23. The van der Waals surface area contributed by atoms with Crippen LogP contribution in [0, 0.1) is 5.92 Å². The lowest BCUT2D eigenvalue weighted by molar-refractivity contribution is 0.00867. The summed E-state index contributed by atoms with van der Waals surface area (Å²) in [5, 5.41) is 6.68. The van der Waals surface area contributed by atoms with Crippen LogP contribution in [0.5, 0.6) is 0 Å². The number of morpholine rings is 1. The molecular formula is C15H33IN4O. The Bertz CT molecular complexity index is 291. The molecule has 0 aromatic carbocycles. The van der Waals surface area contributed by atoms with E-state index in [9.17, 15) is 0 Å². The van der Waals surface area contributed by atoms with Crippen LogP contribution in [-0.4, -0.2) is 62.3 Å². The zero-order chi connectivity index (χ0) is 15.0. The summed E-state index contributed by atoms with van der Waals surface area (Å²) in [6.45, 7) is 16.4. The summed E-state index contributed by atoms with van der Waals surface area (Å²) in [6.07, 6.45) is 0. The number of ether oxygens (including phenoxy) is 1. The monoisotopic (exact) mass is 412 g/mol. The van der Waals surface area contributed by atoms with Gasteiger partial charge in [-0.2, -0.15) is 0 Å². The van der Waals surface area contributed by atoms with E-state index >= 15 is 0 Å². The Morgan fingerprint density at radius 2 is 1.81 bits per heavy atom. The maximum Gasteiger partial charge on any atom is 0.191 e. The van der Waals surface area contributed by atoms with Gasteiger partial charge in [-0.3, -0.25) is 9.89 Å². The third-order valence-corrected chi connectivity index (χ3v) is 3.49. The van der Waals surface area contributed by atoms with E-state index in [0.717, 1.165) is 45.4 Å². The third-order valence-electron chi connectivity index (χ3n) is 3.49. The van der Waals surface area contributed by atoms with Crippen molar-refractivity contribution in [1.29, 1.82) is 0 Å². The first kappa shape index (κ1) is 20.9. The van der Waals surface area contributed by atoms with E-state index in [2.05, 4.69) is 50.2 Å². The number of aliphatic imine (C=N–C) groups is 1. The smallest absolute Gasteiger partial charge is 0.191 e. The van der Waals surface area contributed by atoms with Crippen LogP contribution in [0.25, 0.3) is 0 Å². The molecule has 0 amide bonds. The first-order chi connectivity index (χ1) is 9.54. The molecule has 0 aromatic heterocycles. The Hall–Kier alpha value is -0.0800. The minimum Gasteiger partial charge on any atom is -0.379 e. The molecule has 0 radical (unpaired) electrons. The van der Waals surface area contributed by atoms with Gasteiger partial charge >= 0.3 is 0 Å². The molecule has 1 rings (SSSR count). The van der Waals surface area contributed by atoms with Crippen LogP contribution in [0.1, 0.15) is 34.6 Å². The van der Waals surface area contributed by atoms with Gasteiger partial charge in [0, 0.05) is 31.7 Å². The van der Waals surface area contributed by atoms with E-state index < -0.39 is 0 Å². The van der Waals surface area contributed by atoms with Crippen LogP contribution >= 0.6 is 24.0 Å². The van der Waals surface area contributed by atoms with Gasteiger partial charge in [0.15, 0.2) is 5.96 Å². The summed E-state index contributed by atoms with van der Waals surface area (Å²) in [5.41, 5.74) is 0. The molecule has 1 saturated heterocycles. The lowest BCUT2D eigenvalue weighted by Crippen LogP contribution is -2.48. The van der Waals surface area contributed by atoms with Gasteiger partial charge in [-0.1, -0.05) is 13.8 Å². The number of nitrogens with zero attached hydrogens (tertiary/aromatic N) is 2. The van der Waals surface area contributed by atoms with Gasteiger partial charge in [-0.15, -0.1) is 24.0 Å². The van der Waals surface area contributed by atoms with E-state index in [4.69, 9.17) is 9.73 Å². The second kappa shape index (κ2) is 11.5. The van der Waals surface area contributed by atoms with Crippen LogP contribution < -0.4 is 10.6 Å². The quantitative estimate of drug-likeness (QED) is 0.398. The molecule has 1 atom stereocenters. The van der Waals surface area contributed by atoms with Crippen molar-refractivity contribution in [1.82, 2.24) is 15.5 Å². The zero-order valence-electron chi connectivity index (χ0n) is 14.2. The minimum absolute atomic E-state index is 0. The molecule has 1 fully saturated rings. The van der Waals surface area contributed by atoms with Crippen molar-refractivity contribution in [3.8, 4) is 0 Å². The van der Waals surface area contributed by atoms with Crippen molar-refractivity contribution < 1.29 is 4.74 Å². The van der Waals surface area contributed by atoms with Gasteiger partial charge in [0.05, 0.1) is 19.8 Å². The molecule has 1 aliphatic rings. The number of rotatable bonds is 6. The lowest BCUT2D eigenvalue weighted by atomic mass is 10.0. The highest BCUT2D eigenvalue weighted by atomic mass is 127. The molecule has 0 bridgehead atoms. The average molecular weight is 412 g/mol.